The van der Waals surface area contributed by atoms with Crippen molar-refractivity contribution < 1.29 is 41.5 Å². The summed E-state index contributed by atoms with van der Waals surface area (Å²) in [6.45, 7) is 4.50. The van der Waals surface area contributed by atoms with Crippen molar-refractivity contribution >= 4 is 23.5 Å². The maximum absolute atomic E-state index is 14.1. The van der Waals surface area contributed by atoms with Crippen molar-refractivity contribution in [1.29, 1.82) is 0 Å². The summed E-state index contributed by atoms with van der Waals surface area (Å²) >= 11 is 0. The first kappa shape index (κ1) is 33.6. The first-order valence-electron chi connectivity index (χ1n) is 13.1. The van der Waals surface area contributed by atoms with Crippen LogP contribution in [0.25, 0.3) is 0 Å². The molecular formula is C21H46N6O9P3+. The van der Waals surface area contributed by atoms with Gasteiger partial charge in [0.1, 0.15) is 6.61 Å². The molecule has 0 aromatic rings. The van der Waals surface area contributed by atoms with E-state index in [-0.39, 0.29) is 25.9 Å². The van der Waals surface area contributed by atoms with Crippen LogP contribution in [0.15, 0.2) is 0 Å². The zero-order valence-electron chi connectivity index (χ0n) is 24.0. The lowest BCUT2D eigenvalue weighted by Crippen LogP contribution is -2.47. The van der Waals surface area contributed by atoms with Crippen LogP contribution in [-0.4, -0.2) is 163 Å². The molecule has 6 atom stereocenters. The van der Waals surface area contributed by atoms with Gasteiger partial charge in [-0.1, -0.05) is 4.67 Å². The lowest BCUT2D eigenvalue weighted by Gasteiger charge is -2.42. The number of rotatable bonds is 14. The molecule has 0 saturated carbocycles. The summed E-state index contributed by atoms with van der Waals surface area (Å²) in [6.07, 6.45) is -1.02. The van der Waals surface area contributed by atoms with E-state index in [0.717, 1.165) is 6.54 Å². The van der Waals surface area contributed by atoms with Gasteiger partial charge >= 0.3 is 23.5 Å². The summed E-state index contributed by atoms with van der Waals surface area (Å²) in [5, 5.41) is 3.25. The zero-order valence-corrected chi connectivity index (χ0v) is 26.7. The number of ether oxygens (including phenoxy) is 3. The summed E-state index contributed by atoms with van der Waals surface area (Å²) in [6, 6.07) is 0. The highest BCUT2D eigenvalue weighted by Crippen LogP contribution is 2.55. The number of hydrogen-bond acceptors (Lipinski definition) is 10. The summed E-state index contributed by atoms with van der Waals surface area (Å²) < 4.78 is 83.0. The molecule has 2 unspecified atom stereocenters. The molecule has 0 aromatic heterocycles. The molecule has 3 rings (SSSR count). The average Bonchev–Trinajstić information content (AvgIpc) is 2.93. The van der Waals surface area contributed by atoms with Crippen LogP contribution in [-0.2, 0) is 41.5 Å². The summed E-state index contributed by atoms with van der Waals surface area (Å²) in [5.41, 5.74) is 0. The van der Waals surface area contributed by atoms with Gasteiger partial charge in [-0.15, -0.1) is 4.52 Å². The lowest BCUT2D eigenvalue weighted by molar-refractivity contribution is -0.0460. The molecule has 0 bridgehead atoms. The Bertz CT molecular complexity index is 880. The number of nitrogens with zero attached hydrogens (tertiary/aromatic N) is 5. The normalized spacial score (nSPS) is 29.5. The predicted molar refractivity (Wildman–Crippen MR) is 147 cm³/mol. The molecule has 0 spiro atoms. The van der Waals surface area contributed by atoms with E-state index in [2.05, 4.69) is 5.32 Å². The van der Waals surface area contributed by atoms with Gasteiger partial charge in [0, 0.05) is 53.4 Å². The highest BCUT2D eigenvalue weighted by molar-refractivity contribution is 7.54. The highest BCUT2D eigenvalue weighted by Gasteiger charge is 2.43. The fourth-order valence-electron chi connectivity index (χ4n) is 4.32. The largest absolute Gasteiger partial charge is 0.615 e. The Morgan fingerprint density at radius 2 is 1.28 bits per heavy atom. The zero-order chi connectivity index (χ0) is 28.6. The molecule has 15 nitrogen and oxygen atoms in total. The summed E-state index contributed by atoms with van der Waals surface area (Å²) in [5.74, 6) is 0. The molecule has 0 radical (unpaired) electrons. The van der Waals surface area contributed by atoms with Crippen molar-refractivity contribution in [2.75, 3.05) is 121 Å². The molecule has 3 aliphatic rings. The van der Waals surface area contributed by atoms with E-state index in [1.807, 2.05) is 0 Å². The van der Waals surface area contributed by atoms with Gasteiger partial charge in [0.25, 0.3) is 0 Å². The lowest BCUT2D eigenvalue weighted by atomic mass is 10.3. The second-order valence-corrected chi connectivity index (χ2v) is 16.9. The molecule has 3 fully saturated rings. The van der Waals surface area contributed by atoms with Crippen molar-refractivity contribution in [2.45, 2.75) is 18.3 Å². The Hall–Kier alpha value is 0.0800. The van der Waals surface area contributed by atoms with E-state index < -0.39 is 35.7 Å². The molecule has 3 saturated heterocycles. The minimum absolute atomic E-state index is 0.0417. The van der Waals surface area contributed by atoms with E-state index in [1.54, 1.807) is 61.0 Å². The van der Waals surface area contributed by atoms with Crippen molar-refractivity contribution in [2.24, 2.45) is 0 Å². The molecule has 0 aromatic carbocycles. The van der Waals surface area contributed by atoms with Crippen LogP contribution in [0.4, 0.5) is 0 Å². The maximum atomic E-state index is 14.1. The van der Waals surface area contributed by atoms with Gasteiger partial charge in [0.15, 0.2) is 0 Å². The van der Waals surface area contributed by atoms with E-state index in [9.17, 15) is 13.7 Å². The van der Waals surface area contributed by atoms with Crippen LogP contribution in [0.2, 0.25) is 0 Å². The maximum Gasteiger partial charge on any atom is 0.615 e. The molecule has 0 amide bonds. The van der Waals surface area contributed by atoms with Crippen LogP contribution in [0.1, 0.15) is 0 Å². The van der Waals surface area contributed by atoms with Crippen LogP contribution in [0, 0.1) is 0 Å². The van der Waals surface area contributed by atoms with E-state index in [4.69, 9.17) is 27.8 Å². The van der Waals surface area contributed by atoms with Crippen LogP contribution < -0.4 is 5.32 Å². The van der Waals surface area contributed by atoms with Gasteiger partial charge in [-0.25, -0.2) is 18.7 Å². The van der Waals surface area contributed by atoms with Gasteiger partial charge in [-0.2, -0.15) is 0 Å². The Morgan fingerprint density at radius 1 is 0.795 bits per heavy atom. The summed E-state index contributed by atoms with van der Waals surface area (Å²) in [7, 11) is 1.48. The monoisotopic (exact) mass is 619 g/mol. The number of nitrogens with one attached hydrogen (secondary N) is 1. The third-order valence-corrected chi connectivity index (χ3v) is 12.7. The Balaban J connectivity index is 1.58. The second kappa shape index (κ2) is 15.5. The highest BCUT2D eigenvalue weighted by atomic mass is 31.2. The van der Waals surface area contributed by atoms with Crippen LogP contribution in [0.5, 0.6) is 0 Å². The van der Waals surface area contributed by atoms with E-state index in [1.165, 1.54) is 4.67 Å². The minimum Gasteiger partial charge on any atom is -0.373 e. The Morgan fingerprint density at radius 3 is 1.74 bits per heavy atom. The minimum atomic E-state index is -3.43. The molecule has 3 aliphatic heterocycles. The quantitative estimate of drug-likeness (QED) is 0.277. The van der Waals surface area contributed by atoms with Crippen molar-refractivity contribution in [3.8, 4) is 0 Å². The molecular weight excluding hydrogens is 573 g/mol. The average molecular weight is 620 g/mol. The molecule has 0 aliphatic carbocycles. The fraction of sp³-hybridized carbons (Fsp3) is 1.00. The number of hydrogen-bond donors (Lipinski definition) is 1. The summed E-state index contributed by atoms with van der Waals surface area (Å²) in [4.78, 5) is 0. The number of morpholine rings is 3. The second-order valence-electron chi connectivity index (χ2n) is 10.2. The topological polar surface area (TPSA) is 135 Å². The van der Waals surface area contributed by atoms with Gasteiger partial charge < -0.3 is 28.6 Å². The molecule has 1 N–H and O–H groups in total. The molecule has 39 heavy (non-hydrogen) atoms. The smallest absolute Gasteiger partial charge is 0.373 e. The first-order chi connectivity index (χ1) is 18.5. The third kappa shape index (κ3) is 9.28. The molecule has 3 heterocycles. The van der Waals surface area contributed by atoms with Crippen molar-refractivity contribution in [3.63, 3.8) is 0 Å². The first-order valence-corrected chi connectivity index (χ1v) is 17.3. The molecule has 228 valence electrons. The van der Waals surface area contributed by atoms with Gasteiger partial charge in [-0.3, -0.25) is 9.13 Å². The van der Waals surface area contributed by atoms with Gasteiger partial charge in [0.2, 0.25) is 0 Å². The van der Waals surface area contributed by atoms with Crippen LogP contribution >= 0.6 is 23.5 Å². The van der Waals surface area contributed by atoms with E-state index in [0.29, 0.717) is 52.5 Å². The fourth-order valence-corrected chi connectivity index (χ4v) is 8.81. The Kier molecular flexibility index (Phi) is 13.4. The van der Waals surface area contributed by atoms with E-state index >= 15 is 0 Å². The van der Waals surface area contributed by atoms with Gasteiger partial charge in [-0.05, 0) is 32.8 Å². The Labute approximate surface area is 233 Å². The predicted octanol–water partition coefficient (Wildman–Crippen LogP) is 0.985. The third-order valence-electron chi connectivity index (χ3n) is 6.52. The van der Waals surface area contributed by atoms with Crippen molar-refractivity contribution in [1.82, 2.24) is 28.7 Å². The van der Waals surface area contributed by atoms with Gasteiger partial charge in [0.05, 0.1) is 51.3 Å². The standard InChI is InChI=1S/C21H46N6O9P3/c1-23(2)37(28)34-16-20-14-26(8-11-32-20)39(30,25(5)6)36-18-21-15-27(9-12-33-21)38(29,24(3)4)35-17-19-13-22-7-10-31-19/h19-22H,7-18H2,1-6H3/q+1/t19-,20-,21-,38?,39-/m0/s1. The molecule has 18 heteroatoms. The van der Waals surface area contributed by atoms with Crippen LogP contribution in [0.3, 0.4) is 0 Å². The SMILES string of the molecule is CN(C)[P+](=O)OC[C@@H]1CN([P@@](=O)(OC[C@@H]2CN(P(=O)(OC[C@@H]3CNCCO3)N(C)C)CCO2)N(C)C)CCO1. The van der Waals surface area contributed by atoms with Crippen molar-refractivity contribution in [3.05, 3.63) is 0 Å².